The minimum atomic E-state index is -0.134. The molecule has 0 aliphatic heterocycles. The minimum Gasteiger partial charge on any atom is -0.325 e. The maximum Gasteiger partial charge on any atom is 0.259 e. The molecule has 3 aromatic heterocycles. The number of aryl methyl sites for hydroxylation is 1. The number of aromatic nitrogens is 5. The number of aromatic amines is 1. The molecular weight excluding hydrogens is 408 g/mol. The van der Waals surface area contributed by atoms with Crippen molar-refractivity contribution < 1.29 is 4.79 Å². The van der Waals surface area contributed by atoms with Crippen molar-refractivity contribution in [2.75, 3.05) is 11.1 Å². The molecule has 0 unspecified atom stereocenters. The largest absolute Gasteiger partial charge is 0.325 e. The number of thioether (sulfide) groups is 1. The van der Waals surface area contributed by atoms with Crippen molar-refractivity contribution in [3.63, 3.8) is 0 Å². The highest BCUT2D eigenvalue weighted by Crippen LogP contribution is 2.21. The number of nitrogens with one attached hydrogen (secondary N) is 2. The summed E-state index contributed by atoms with van der Waals surface area (Å²) in [6, 6.07) is 9.45. The lowest BCUT2D eigenvalue weighted by Crippen LogP contribution is -2.15. The van der Waals surface area contributed by atoms with Crippen molar-refractivity contribution >= 4 is 44.9 Å². The fourth-order valence-corrected chi connectivity index (χ4v) is 4.39. The first-order chi connectivity index (χ1) is 14.1. The van der Waals surface area contributed by atoms with Gasteiger partial charge in [-0.25, -0.2) is 14.6 Å². The van der Waals surface area contributed by atoms with E-state index in [0.29, 0.717) is 23.5 Å². The molecule has 2 N–H and O–H groups in total. The highest BCUT2D eigenvalue weighted by molar-refractivity contribution is 7.99. The summed E-state index contributed by atoms with van der Waals surface area (Å²) < 4.78 is 1.73. The highest BCUT2D eigenvalue weighted by atomic mass is 32.2. The van der Waals surface area contributed by atoms with Crippen LogP contribution in [-0.4, -0.2) is 36.4 Å². The van der Waals surface area contributed by atoms with Crippen LogP contribution in [0.2, 0.25) is 0 Å². The third-order valence-electron chi connectivity index (χ3n) is 4.10. The summed E-state index contributed by atoms with van der Waals surface area (Å²) in [5.41, 5.74) is 1.67. The summed E-state index contributed by atoms with van der Waals surface area (Å²) in [7, 11) is 0. The zero-order valence-electron chi connectivity index (χ0n) is 15.6. The average Bonchev–Trinajstić information content (AvgIpc) is 3.32. The van der Waals surface area contributed by atoms with E-state index >= 15 is 0 Å². The van der Waals surface area contributed by atoms with Gasteiger partial charge in [-0.3, -0.25) is 9.59 Å². The molecule has 0 saturated carbocycles. The molecule has 3 heterocycles. The maximum absolute atomic E-state index is 12.2. The molecule has 10 heteroatoms. The van der Waals surface area contributed by atoms with Gasteiger partial charge in [0, 0.05) is 10.6 Å². The Labute approximate surface area is 174 Å². The molecule has 0 saturated heterocycles. The SMILES string of the molecule is Cc1cc2c(=O)[nH]c(CSCC(=O)Nc3ccc(Cn4cncn4)cc3)nc2s1. The first-order valence-electron chi connectivity index (χ1n) is 8.85. The Bertz CT molecular complexity index is 1180. The Morgan fingerprint density at radius 3 is 2.90 bits per heavy atom. The average molecular weight is 427 g/mol. The number of nitrogens with zero attached hydrogens (tertiary/aromatic N) is 4. The second kappa shape index (κ2) is 8.58. The van der Waals surface area contributed by atoms with E-state index in [1.165, 1.54) is 29.4 Å². The number of benzene rings is 1. The second-order valence-corrected chi connectivity index (χ2v) is 8.64. The topological polar surface area (TPSA) is 106 Å². The molecule has 1 amide bonds. The third kappa shape index (κ3) is 4.90. The fraction of sp³-hybridized carbons (Fsp3) is 0.211. The van der Waals surface area contributed by atoms with Crippen LogP contribution in [0.25, 0.3) is 10.2 Å². The first kappa shape index (κ1) is 19.3. The molecule has 0 radical (unpaired) electrons. The molecule has 8 nitrogen and oxygen atoms in total. The van der Waals surface area contributed by atoms with E-state index in [9.17, 15) is 9.59 Å². The van der Waals surface area contributed by atoms with E-state index in [-0.39, 0.29) is 17.2 Å². The van der Waals surface area contributed by atoms with E-state index in [1.807, 2.05) is 37.3 Å². The van der Waals surface area contributed by atoms with E-state index in [4.69, 9.17) is 0 Å². The van der Waals surface area contributed by atoms with Gasteiger partial charge in [-0.15, -0.1) is 23.1 Å². The fourth-order valence-electron chi connectivity index (χ4n) is 2.80. The minimum absolute atomic E-state index is 0.102. The van der Waals surface area contributed by atoms with E-state index in [0.717, 1.165) is 21.0 Å². The van der Waals surface area contributed by atoms with Crippen LogP contribution in [0.15, 0.2) is 47.8 Å². The van der Waals surface area contributed by atoms with Gasteiger partial charge in [-0.05, 0) is 30.7 Å². The van der Waals surface area contributed by atoms with E-state index in [1.54, 1.807) is 11.0 Å². The van der Waals surface area contributed by atoms with Crippen LogP contribution in [0.5, 0.6) is 0 Å². The Kier molecular flexibility index (Phi) is 5.72. The van der Waals surface area contributed by atoms with E-state index < -0.39 is 0 Å². The lowest BCUT2D eigenvalue weighted by atomic mass is 10.2. The molecule has 148 valence electrons. The summed E-state index contributed by atoms with van der Waals surface area (Å²) in [5.74, 6) is 1.22. The van der Waals surface area contributed by atoms with Crippen molar-refractivity contribution in [1.82, 2.24) is 24.7 Å². The van der Waals surface area contributed by atoms with Crippen molar-refractivity contribution in [1.29, 1.82) is 0 Å². The summed E-state index contributed by atoms with van der Waals surface area (Å²) in [5, 5.41) is 7.56. The van der Waals surface area contributed by atoms with Gasteiger partial charge in [-0.2, -0.15) is 5.10 Å². The molecule has 29 heavy (non-hydrogen) atoms. The predicted molar refractivity (Wildman–Crippen MR) is 115 cm³/mol. The monoisotopic (exact) mass is 426 g/mol. The van der Waals surface area contributed by atoms with Crippen LogP contribution in [-0.2, 0) is 17.1 Å². The number of anilines is 1. The van der Waals surface area contributed by atoms with Gasteiger partial charge in [0.1, 0.15) is 23.3 Å². The van der Waals surface area contributed by atoms with Crippen LogP contribution in [0.3, 0.4) is 0 Å². The molecule has 4 aromatic rings. The lowest BCUT2D eigenvalue weighted by molar-refractivity contribution is -0.113. The number of thiophene rings is 1. The highest BCUT2D eigenvalue weighted by Gasteiger charge is 2.09. The first-order valence-corrected chi connectivity index (χ1v) is 10.8. The number of H-pyrrole nitrogens is 1. The smallest absolute Gasteiger partial charge is 0.259 e. The van der Waals surface area contributed by atoms with Gasteiger partial charge >= 0.3 is 0 Å². The normalized spacial score (nSPS) is 11.1. The quantitative estimate of drug-likeness (QED) is 0.471. The number of rotatable bonds is 7. The molecule has 1 aromatic carbocycles. The van der Waals surface area contributed by atoms with Gasteiger partial charge in [-0.1, -0.05) is 12.1 Å². The third-order valence-corrected chi connectivity index (χ3v) is 5.98. The van der Waals surface area contributed by atoms with Crippen LogP contribution in [0.1, 0.15) is 16.3 Å². The van der Waals surface area contributed by atoms with Gasteiger partial charge < -0.3 is 10.3 Å². The van der Waals surface area contributed by atoms with Crippen molar-refractivity contribution in [3.8, 4) is 0 Å². The summed E-state index contributed by atoms with van der Waals surface area (Å²) >= 11 is 2.90. The molecule has 0 fully saturated rings. The van der Waals surface area contributed by atoms with Crippen molar-refractivity contribution in [2.45, 2.75) is 19.2 Å². The molecular formula is C19H18N6O2S2. The lowest BCUT2D eigenvalue weighted by Gasteiger charge is -2.07. The number of carbonyl (C=O) groups is 1. The van der Waals surface area contributed by atoms with Gasteiger partial charge in [0.15, 0.2) is 0 Å². The second-order valence-electron chi connectivity index (χ2n) is 6.42. The number of amides is 1. The predicted octanol–water partition coefficient (Wildman–Crippen LogP) is 2.80. The van der Waals surface area contributed by atoms with E-state index in [2.05, 4.69) is 25.4 Å². The number of carbonyl (C=O) groups excluding carboxylic acids is 1. The van der Waals surface area contributed by atoms with Crippen LogP contribution in [0.4, 0.5) is 5.69 Å². The molecule has 0 spiro atoms. The van der Waals surface area contributed by atoms with Gasteiger partial charge in [0.25, 0.3) is 5.56 Å². The van der Waals surface area contributed by atoms with Gasteiger partial charge in [0.2, 0.25) is 5.91 Å². The number of fused-ring (bicyclic) bond motifs is 1. The van der Waals surface area contributed by atoms with Crippen molar-refractivity contribution in [2.24, 2.45) is 0 Å². The molecule has 0 bridgehead atoms. The van der Waals surface area contributed by atoms with Crippen molar-refractivity contribution in [3.05, 3.63) is 69.6 Å². The molecule has 0 aliphatic rings. The van der Waals surface area contributed by atoms with Crippen LogP contribution >= 0.6 is 23.1 Å². The Morgan fingerprint density at radius 2 is 2.14 bits per heavy atom. The van der Waals surface area contributed by atoms with Crippen LogP contribution < -0.4 is 10.9 Å². The zero-order valence-corrected chi connectivity index (χ0v) is 17.2. The summed E-state index contributed by atoms with van der Waals surface area (Å²) in [4.78, 5) is 37.2. The number of hydrogen-bond donors (Lipinski definition) is 2. The Balaban J connectivity index is 1.28. The number of hydrogen-bond acceptors (Lipinski definition) is 7. The maximum atomic E-state index is 12.2. The molecule has 0 aliphatic carbocycles. The molecule has 4 rings (SSSR count). The van der Waals surface area contributed by atoms with Gasteiger partial charge in [0.05, 0.1) is 23.4 Å². The Hall–Kier alpha value is -2.98. The zero-order chi connectivity index (χ0) is 20.2. The standard InChI is InChI=1S/C19H18N6O2S2/c1-12-6-15-18(27)23-16(24-19(15)29-12)8-28-9-17(26)22-14-4-2-13(3-5-14)7-25-11-20-10-21-25/h2-6,10-11H,7-9H2,1H3,(H,22,26)(H,23,24,27). The van der Waals surface area contributed by atoms with Crippen LogP contribution in [0, 0.1) is 6.92 Å². The summed E-state index contributed by atoms with van der Waals surface area (Å²) in [6.07, 6.45) is 3.16. The molecule has 0 atom stereocenters. The summed E-state index contributed by atoms with van der Waals surface area (Å²) in [6.45, 7) is 2.58. The Morgan fingerprint density at radius 1 is 1.31 bits per heavy atom.